The van der Waals surface area contributed by atoms with Crippen LogP contribution in [-0.4, -0.2) is 28.6 Å². The molecule has 0 aromatic rings. The van der Waals surface area contributed by atoms with E-state index < -0.39 is 6.10 Å². The van der Waals surface area contributed by atoms with Gasteiger partial charge in [-0.15, -0.1) is 18.2 Å². The molecule has 1 atom stereocenters. The molecule has 1 aliphatic rings. The van der Waals surface area contributed by atoms with Crippen LogP contribution in [0.5, 0.6) is 0 Å². The zero-order chi connectivity index (χ0) is 7.40. The number of aliphatic hydroxyl groups is 1. The highest BCUT2D eigenvalue weighted by Crippen LogP contribution is 2.15. The molecule has 1 aliphatic heterocycles. The number of terminal acetylenes is 1. The summed E-state index contributed by atoms with van der Waals surface area (Å²) < 4.78 is 0. The predicted molar refractivity (Wildman–Crippen MR) is 44.2 cm³/mol. The molecular weight excluding hydrogens is 146 g/mol. The van der Waals surface area contributed by atoms with E-state index in [0.717, 1.165) is 17.3 Å². The number of hydrogen-bond donors (Lipinski definition) is 1. The van der Waals surface area contributed by atoms with Crippen molar-refractivity contribution in [1.29, 1.82) is 0 Å². The highest BCUT2D eigenvalue weighted by Gasteiger charge is 2.10. The van der Waals surface area contributed by atoms with Crippen LogP contribution in [0.3, 0.4) is 0 Å². The van der Waals surface area contributed by atoms with Crippen molar-refractivity contribution in [1.82, 2.24) is 0 Å². The summed E-state index contributed by atoms with van der Waals surface area (Å²) in [4.78, 5) is 4.15. The lowest BCUT2D eigenvalue weighted by Crippen LogP contribution is -2.06. The maximum absolute atomic E-state index is 8.99. The summed E-state index contributed by atoms with van der Waals surface area (Å²) in [5.74, 6) is 3.29. The van der Waals surface area contributed by atoms with Crippen LogP contribution in [0, 0.1) is 12.3 Å². The Balaban J connectivity index is 2.32. The van der Waals surface area contributed by atoms with Gasteiger partial charge in [0.1, 0.15) is 6.10 Å². The molecule has 10 heavy (non-hydrogen) atoms. The topological polar surface area (TPSA) is 32.6 Å². The highest BCUT2D eigenvalue weighted by atomic mass is 32.2. The molecule has 0 saturated carbocycles. The van der Waals surface area contributed by atoms with Crippen molar-refractivity contribution >= 4 is 16.8 Å². The van der Waals surface area contributed by atoms with Crippen molar-refractivity contribution in [2.45, 2.75) is 12.5 Å². The second-order valence-corrected chi connectivity index (χ2v) is 3.18. The lowest BCUT2D eigenvalue weighted by Gasteiger charge is -2.00. The first kappa shape index (κ1) is 7.64. The van der Waals surface area contributed by atoms with Crippen LogP contribution in [0.2, 0.25) is 0 Å². The largest absolute Gasteiger partial charge is 0.380 e. The third kappa shape index (κ3) is 2.05. The van der Waals surface area contributed by atoms with Crippen molar-refractivity contribution in [2.75, 3.05) is 12.3 Å². The first-order chi connectivity index (χ1) is 4.83. The quantitative estimate of drug-likeness (QED) is 0.589. The Morgan fingerprint density at radius 1 is 1.90 bits per heavy atom. The fourth-order valence-electron chi connectivity index (χ4n) is 0.727. The van der Waals surface area contributed by atoms with E-state index >= 15 is 0 Å². The fraction of sp³-hybridized carbons (Fsp3) is 0.571. The molecule has 54 valence electrons. The van der Waals surface area contributed by atoms with Crippen molar-refractivity contribution in [3.63, 3.8) is 0 Å². The summed E-state index contributed by atoms with van der Waals surface area (Å²) in [6.45, 7) is 0.872. The average molecular weight is 155 g/mol. The Bertz CT molecular complexity index is 183. The van der Waals surface area contributed by atoms with Gasteiger partial charge < -0.3 is 5.11 Å². The number of aliphatic imine (C=N–C) groups is 1. The molecule has 1 N–H and O–H groups in total. The van der Waals surface area contributed by atoms with Gasteiger partial charge >= 0.3 is 0 Å². The number of rotatable bonds is 2. The molecule has 0 aromatic heterocycles. The molecule has 1 heterocycles. The maximum Gasteiger partial charge on any atom is 0.120 e. The van der Waals surface area contributed by atoms with Crippen molar-refractivity contribution in [3.05, 3.63) is 0 Å². The first-order valence-corrected chi connectivity index (χ1v) is 4.12. The van der Waals surface area contributed by atoms with Gasteiger partial charge in [0.05, 0.1) is 5.04 Å². The lowest BCUT2D eigenvalue weighted by molar-refractivity contribution is 0.242. The van der Waals surface area contributed by atoms with Gasteiger partial charge in [0, 0.05) is 18.7 Å². The van der Waals surface area contributed by atoms with E-state index in [9.17, 15) is 0 Å². The second-order valence-electron chi connectivity index (χ2n) is 2.01. The van der Waals surface area contributed by atoms with Crippen LogP contribution in [-0.2, 0) is 0 Å². The van der Waals surface area contributed by atoms with Crippen LogP contribution in [0.25, 0.3) is 0 Å². The molecule has 0 bridgehead atoms. The summed E-state index contributed by atoms with van der Waals surface area (Å²) in [6.07, 6.45) is 4.87. The number of thioether (sulfide) groups is 1. The van der Waals surface area contributed by atoms with Gasteiger partial charge in [-0.25, -0.2) is 0 Å². The van der Waals surface area contributed by atoms with E-state index in [1.165, 1.54) is 0 Å². The Morgan fingerprint density at radius 3 is 3.20 bits per heavy atom. The predicted octanol–water partition coefficient (Wildman–Crippen LogP) is 0.516. The molecule has 3 heteroatoms. The normalized spacial score (nSPS) is 19.8. The smallest absolute Gasteiger partial charge is 0.120 e. The standard InChI is InChI=1S/C7H9NOS/c1-2-6(9)5-7-8-3-4-10-7/h1,6,9H,3-5H2. The van der Waals surface area contributed by atoms with Gasteiger partial charge in [0.25, 0.3) is 0 Å². The van der Waals surface area contributed by atoms with E-state index in [-0.39, 0.29) is 0 Å². The van der Waals surface area contributed by atoms with Gasteiger partial charge in [-0.2, -0.15) is 0 Å². The van der Waals surface area contributed by atoms with Crippen molar-refractivity contribution in [2.24, 2.45) is 4.99 Å². The summed E-state index contributed by atoms with van der Waals surface area (Å²) in [7, 11) is 0. The lowest BCUT2D eigenvalue weighted by atomic mass is 10.3. The zero-order valence-corrected chi connectivity index (χ0v) is 6.40. The molecule has 0 aromatic carbocycles. The average Bonchev–Trinajstić information content (AvgIpc) is 2.40. The molecule has 0 aliphatic carbocycles. The minimum atomic E-state index is -0.649. The van der Waals surface area contributed by atoms with E-state index in [4.69, 9.17) is 11.5 Å². The molecule has 2 nitrogen and oxygen atoms in total. The van der Waals surface area contributed by atoms with E-state index in [0.29, 0.717) is 6.42 Å². The van der Waals surface area contributed by atoms with Crippen LogP contribution in [0.15, 0.2) is 4.99 Å². The summed E-state index contributed by atoms with van der Waals surface area (Å²) >= 11 is 1.68. The zero-order valence-electron chi connectivity index (χ0n) is 5.58. The molecule has 0 radical (unpaired) electrons. The molecule has 1 rings (SSSR count). The number of aliphatic hydroxyl groups excluding tert-OH is 1. The van der Waals surface area contributed by atoms with E-state index in [2.05, 4.69) is 10.9 Å². The third-order valence-electron chi connectivity index (χ3n) is 1.21. The third-order valence-corrected chi connectivity index (χ3v) is 2.22. The minimum absolute atomic E-state index is 0.529. The molecule has 0 amide bonds. The molecule has 0 saturated heterocycles. The van der Waals surface area contributed by atoms with Gasteiger partial charge in [-0.1, -0.05) is 5.92 Å². The van der Waals surface area contributed by atoms with Gasteiger partial charge in [0.2, 0.25) is 0 Å². The molecule has 0 spiro atoms. The number of hydrogen-bond acceptors (Lipinski definition) is 3. The van der Waals surface area contributed by atoms with E-state index in [1.54, 1.807) is 11.8 Å². The van der Waals surface area contributed by atoms with Crippen LogP contribution in [0.1, 0.15) is 6.42 Å². The number of nitrogens with zero attached hydrogens (tertiary/aromatic N) is 1. The Kier molecular flexibility index (Phi) is 2.79. The van der Waals surface area contributed by atoms with Crippen LogP contribution < -0.4 is 0 Å². The summed E-state index contributed by atoms with van der Waals surface area (Å²) in [6, 6.07) is 0. The second kappa shape index (κ2) is 3.65. The highest BCUT2D eigenvalue weighted by molar-refractivity contribution is 8.14. The van der Waals surface area contributed by atoms with E-state index in [1.807, 2.05) is 0 Å². The Morgan fingerprint density at radius 2 is 2.70 bits per heavy atom. The van der Waals surface area contributed by atoms with Crippen LogP contribution >= 0.6 is 11.8 Å². The SMILES string of the molecule is C#CC(O)CC1=NCCS1. The van der Waals surface area contributed by atoms with Gasteiger partial charge in [-0.05, 0) is 0 Å². The minimum Gasteiger partial charge on any atom is -0.380 e. The summed E-state index contributed by atoms with van der Waals surface area (Å²) in [5.41, 5.74) is 0. The maximum atomic E-state index is 8.99. The Labute approximate surface area is 64.7 Å². The molecule has 0 fully saturated rings. The van der Waals surface area contributed by atoms with Crippen LogP contribution in [0.4, 0.5) is 0 Å². The van der Waals surface area contributed by atoms with Gasteiger partial charge in [0.15, 0.2) is 0 Å². The molecule has 1 unspecified atom stereocenters. The first-order valence-electron chi connectivity index (χ1n) is 3.13. The molecular formula is C7H9NOS. The monoisotopic (exact) mass is 155 g/mol. The summed E-state index contributed by atoms with van der Waals surface area (Å²) in [5, 5.41) is 9.98. The fourth-order valence-corrected chi connectivity index (χ4v) is 1.60. The Hall–Kier alpha value is -0.460. The van der Waals surface area contributed by atoms with Crippen molar-refractivity contribution < 1.29 is 5.11 Å². The van der Waals surface area contributed by atoms with Crippen molar-refractivity contribution in [3.8, 4) is 12.3 Å². The van der Waals surface area contributed by atoms with Gasteiger partial charge in [-0.3, -0.25) is 4.99 Å².